The molecule has 176 valence electrons. The van der Waals surface area contributed by atoms with Gasteiger partial charge in [-0.15, -0.1) is 0 Å². The Labute approximate surface area is 210 Å². The number of nitrogens with zero attached hydrogens (tertiary/aromatic N) is 5. The lowest BCUT2D eigenvalue weighted by atomic mass is 9.98. The molecule has 0 radical (unpaired) electrons. The maximum atomic E-state index is 13.5. The van der Waals surface area contributed by atoms with Gasteiger partial charge < -0.3 is 19.3 Å². The predicted molar refractivity (Wildman–Crippen MR) is 129 cm³/mol. The van der Waals surface area contributed by atoms with Gasteiger partial charge in [-0.05, 0) is 29.8 Å². The fourth-order valence-corrected chi connectivity index (χ4v) is 5.83. The molecule has 1 amide bonds. The average Bonchev–Trinajstić information content (AvgIpc) is 3.56. The largest absolute Gasteiger partial charge is 0.379 e. The van der Waals surface area contributed by atoms with E-state index in [0.29, 0.717) is 52.8 Å². The number of amides is 1. The van der Waals surface area contributed by atoms with Crippen LogP contribution in [0.3, 0.4) is 0 Å². The van der Waals surface area contributed by atoms with Crippen LogP contribution >= 0.6 is 11.6 Å². The van der Waals surface area contributed by atoms with Gasteiger partial charge >= 0.3 is 0 Å². The van der Waals surface area contributed by atoms with Gasteiger partial charge in [-0.1, -0.05) is 23.7 Å². The maximum Gasteiger partial charge on any atom is 0.254 e. The second kappa shape index (κ2) is 7.34. The number of halogens is 1. The Morgan fingerprint density at radius 2 is 2.06 bits per heavy atom. The van der Waals surface area contributed by atoms with Crippen LogP contribution in [-0.2, 0) is 10.3 Å². The van der Waals surface area contributed by atoms with Crippen molar-refractivity contribution in [1.29, 1.82) is 0 Å². The molecule has 1 unspecified atom stereocenters. The molecule has 0 aliphatic carbocycles. The third-order valence-electron chi connectivity index (χ3n) is 7.32. The minimum absolute atomic E-state index is 0.169. The number of imidazole rings is 1. The van der Waals surface area contributed by atoms with Crippen LogP contribution in [0.4, 0.5) is 0 Å². The lowest BCUT2D eigenvalue weighted by Crippen LogP contribution is -2.30. The summed E-state index contributed by atoms with van der Waals surface area (Å²) in [6, 6.07) is 9.66. The van der Waals surface area contributed by atoms with Crippen LogP contribution < -0.4 is 0 Å². The molecule has 2 aromatic heterocycles. The van der Waals surface area contributed by atoms with E-state index in [0.717, 1.165) is 21.5 Å². The highest BCUT2D eigenvalue weighted by molar-refractivity contribution is 6.32. The summed E-state index contributed by atoms with van der Waals surface area (Å²) in [5.41, 5.74) is 2.79. The SMILES string of the molecule is [2H]C([2H])([2H])N1C(=O)c2cccc(Cl)c2[C@H]2C[C@@H]1c1nc3ccc(-c4cnc(C5(O)CCOC5)nc4)cc3n12. The lowest BCUT2D eigenvalue weighted by Gasteiger charge is -2.24. The Hall–Kier alpha value is -3.33. The van der Waals surface area contributed by atoms with Gasteiger partial charge in [0.05, 0.1) is 36.3 Å². The molecule has 3 atom stereocenters. The van der Waals surface area contributed by atoms with Crippen molar-refractivity contribution in [3.05, 3.63) is 76.6 Å². The van der Waals surface area contributed by atoms with E-state index in [-0.39, 0.29) is 12.6 Å². The Bertz CT molecular complexity index is 1620. The Morgan fingerprint density at radius 3 is 2.83 bits per heavy atom. The van der Waals surface area contributed by atoms with Crippen molar-refractivity contribution >= 4 is 28.5 Å². The molecule has 3 aliphatic heterocycles. The summed E-state index contributed by atoms with van der Waals surface area (Å²) in [6.07, 6.45) is 4.15. The Kier molecular flexibility index (Phi) is 3.77. The third kappa shape index (κ3) is 2.94. The topological polar surface area (TPSA) is 93.4 Å². The van der Waals surface area contributed by atoms with Crippen LogP contribution in [-0.4, -0.2) is 55.6 Å². The van der Waals surface area contributed by atoms with Gasteiger partial charge in [0.15, 0.2) is 5.82 Å². The minimum atomic E-state index is -2.65. The van der Waals surface area contributed by atoms with Crippen LogP contribution in [0.15, 0.2) is 48.8 Å². The number of ether oxygens (including phenoxy) is 1. The molecule has 2 bridgehead atoms. The predicted octanol–water partition coefficient (Wildman–Crippen LogP) is 3.87. The summed E-state index contributed by atoms with van der Waals surface area (Å²) >= 11 is 6.63. The lowest BCUT2D eigenvalue weighted by molar-refractivity contribution is 0.0153. The van der Waals surface area contributed by atoms with E-state index in [1.54, 1.807) is 30.6 Å². The normalized spacial score (nSPS) is 26.7. The molecule has 3 aliphatic rings. The summed E-state index contributed by atoms with van der Waals surface area (Å²) in [4.78, 5) is 28.0. The maximum absolute atomic E-state index is 13.5. The van der Waals surface area contributed by atoms with Crippen molar-refractivity contribution in [2.24, 2.45) is 0 Å². The van der Waals surface area contributed by atoms with Crippen LogP contribution in [0.2, 0.25) is 5.02 Å². The monoisotopic (exact) mass is 490 g/mol. The zero-order valence-corrected chi connectivity index (χ0v) is 19.2. The van der Waals surface area contributed by atoms with Gasteiger partial charge in [0.25, 0.3) is 5.91 Å². The van der Waals surface area contributed by atoms with E-state index in [2.05, 4.69) is 9.97 Å². The van der Waals surface area contributed by atoms with Crippen molar-refractivity contribution < 1.29 is 18.8 Å². The molecule has 1 N–H and O–H groups in total. The molecule has 8 nitrogen and oxygen atoms in total. The Balaban J connectivity index is 1.38. The number of carbonyl (C=O) groups excluding carboxylic acids is 1. The highest BCUT2D eigenvalue weighted by atomic mass is 35.5. The van der Waals surface area contributed by atoms with E-state index in [9.17, 15) is 9.90 Å². The first-order chi connectivity index (χ1) is 18.2. The van der Waals surface area contributed by atoms with Crippen molar-refractivity contribution in [2.75, 3.05) is 20.2 Å². The van der Waals surface area contributed by atoms with Crippen LogP contribution in [0.25, 0.3) is 22.2 Å². The number of aromatic nitrogens is 4. The van der Waals surface area contributed by atoms with E-state index < -0.39 is 24.5 Å². The van der Waals surface area contributed by atoms with Gasteiger partial charge in [0.2, 0.25) is 0 Å². The second-order valence-corrected chi connectivity index (χ2v) is 9.72. The minimum Gasteiger partial charge on any atom is -0.379 e. The summed E-state index contributed by atoms with van der Waals surface area (Å²) in [5.74, 6) is 0.281. The number of fused-ring (bicyclic) bond motifs is 9. The fourth-order valence-electron chi connectivity index (χ4n) is 5.53. The molecule has 1 saturated heterocycles. The van der Waals surface area contributed by atoms with Gasteiger partial charge in [-0.3, -0.25) is 4.79 Å². The molecule has 0 saturated carbocycles. The van der Waals surface area contributed by atoms with Crippen LogP contribution in [0, 0.1) is 0 Å². The van der Waals surface area contributed by atoms with Crippen molar-refractivity contribution in [1.82, 2.24) is 24.4 Å². The molecule has 2 aromatic carbocycles. The van der Waals surface area contributed by atoms with E-state index in [1.165, 1.54) is 0 Å². The molecule has 1 fully saturated rings. The number of aliphatic hydroxyl groups is 1. The first-order valence-corrected chi connectivity index (χ1v) is 11.8. The standard InChI is InChI=1S/C26H22ClN5O3/c1-31-21-10-20(22-16(24(31)33)3-2-4-17(22)27)32-19-9-14(5-6-18(19)30-23(21)32)15-11-28-25(29-12-15)26(34)7-8-35-13-26/h2-6,9,11-12,20-21,34H,7-8,10,13H2,1H3/t20-,21-,26?/m1/s1/i1D3. The fraction of sp³-hybridized carbons (Fsp3) is 0.308. The molecule has 9 heteroatoms. The summed E-state index contributed by atoms with van der Waals surface area (Å²) < 4.78 is 31.8. The highest BCUT2D eigenvalue weighted by Crippen LogP contribution is 2.49. The molecule has 7 rings (SSSR count). The summed E-state index contributed by atoms with van der Waals surface area (Å²) in [5, 5.41) is 11.1. The van der Waals surface area contributed by atoms with Crippen LogP contribution in [0.5, 0.6) is 0 Å². The quantitative estimate of drug-likeness (QED) is 0.458. The first-order valence-electron chi connectivity index (χ1n) is 12.9. The van der Waals surface area contributed by atoms with E-state index >= 15 is 0 Å². The van der Waals surface area contributed by atoms with Crippen LogP contribution in [0.1, 0.15) is 56.6 Å². The van der Waals surface area contributed by atoms with E-state index in [1.807, 2.05) is 22.8 Å². The number of hydrogen-bond donors (Lipinski definition) is 1. The number of hydrogen-bond acceptors (Lipinski definition) is 6. The first kappa shape index (κ1) is 18.0. The van der Waals surface area contributed by atoms with Gasteiger partial charge in [-0.25, -0.2) is 15.0 Å². The van der Waals surface area contributed by atoms with E-state index in [4.69, 9.17) is 25.4 Å². The zero-order chi connectivity index (χ0) is 26.4. The van der Waals surface area contributed by atoms with Crippen molar-refractivity contribution in [2.45, 2.75) is 30.5 Å². The zero-order valence-electron chi connectivity index (χ0n) is 21.5. The van der Waals surface area contributed by atoms with Crippen molar-refractivity contribution in [3.8, 4) is 11.1 Å². The molecule has 5 heterocycles. The third-order valence-corrected chi connectivity index (χ3v) is 7.65. The van der Waals surface area contributed by atoms with Gasteiger partial charge in [0.1, 0.15) is 11.4 Å². The number of rotatable bonds is 2. The van der Waals surface area contributed by atoms with Crippen molar-refractivity contribution in [3.63, 3.8) is 0 Å². The smallest absolute Gasteiger partial charge is 0.254 e. The Morgan fingerprint density at radius 1 is 1.20 bits per heavy atom. The molecule has 4 aromatic rings. The molecular weight excluding hydrogens is 466 g/mol. The summed E-state index contributed by atoms with van der Waals surface area (Å²) in [7, 11) is 0. The number of carbonyl (C=O) groups is 1. The van der Waals surface area contributed by atoms with Gasteiger partial charge in [-0.2, -0.15) is 0 Å². The second-order valence-electron chi connectivity index (χ2n) is 9.32. The average molecular weight is 491 g/mol. The van der Waals surface area contributed by atoms with Gasteiger partial charge in [0, 0.05) is 58.0 Å². The summed E-state index contributed by atoms with van der Waals surface area (Å²) in [6.45, 7) is -2.02. The molecule has 35 heavy (non-hydrogen) atoms. The number of benzene rings is 2. The molecule has 0 spiro atoms. The highest BCUT2D eigenvalue weighted by Gasteiger charge is 2.44. The molecular formula is C26H22ClN5O3.